The largest absolute Gasteiger partial charge is 0.336 e. The predicted molar refractivity (Wildman–Crippen MR) is 48.8 cm³/mol. The molecular weight excluding hydrogens is 166 g/mol. The maximum atomic E-state index is 11.6. The zero-order chi connectivity index (χ0) is 9.68. The van der Waals surface area contributed by atoms with Crippen molar-refractivity contribution in [1.82, 2.24) is 10.2 Å². The Hall–Kier alpha value is -1.34. The maximum absolute atomic E-state index is 11.6. The second-order valence-corrected chi connectivity index (χ2v) is 2.94. The molecule has 0 aromatic heterocycles. The zero-order valence-corrected chi connectivity index (χ0v) is 7.49. The third kappa shape index (κ3) is 2.30. The number of piperazine rings is 1. The fourth-order valence-corrected chi connectivity index (χ4v) is 1.38. The second kappa shape index (κ2) is 4.63. The van der Waals surface area contributed by atoms with Gasteiger partial charge in [0.25, 0.3) is 0 Å². The van der Waals surface area contributed by atoms with Gasteiger partial charge in [0, 0.05) is 19.6 Å². The molecule has 1 aliphatic rings. The van der Waals surface area contributed by atoms with Crippen LogP contribution in [0.25, 0.3) is 0 Å². The molecule has 0 aromatic carbocycles. The van der Waals surface area contributed by atoms with Gasteiger partial charge in [-0.1, -0.05) is 6.08 Å². The van der Waals surface area contributed by atoms with Crippen molar-refractivity contribution in [2.45, 2.75) is 12.5 Å². The van der Waals surface area contributed by atoms with Crippen molar-refractivity contribution in [3.05, 3.63) is 12.7 Å². The summed E-state index contributed by atoms with van der Waals surface area (Å²) < 4.78 is 0. The van der Waals surface area contributed by atoms with Gasteiger partial charge in [0.1, 0.15) is 6.04 Å². The van der Waals surface area contributed by atoms with Gasteiger partial charge in [-0.25, -0.2) is 0 Å². The predicted octanol–water partition coefficient (Wildman–Crippen LogP) is -0.114. The highest BCUT2D eigenvalue weighted by Crippen LogP contribution is 2.03. The quantitative estimate of drug-likeness (QED) is 0.615. The fourth-order valence-electron chi connectivity index (χ4n) is 1.38. The summed E-state index contributed by atoms with van der Waals surface area (Å²) in [5.74, 6) is 0.00713. The molecule has 0 aliphatic carbocycles. The summed E-state index contributed by atoms with van der Waals surface area (Å²) in [6, 6.07) is 1.67. The zero-order valence-electron chi connectivity index (χ0n) is 7.49. The molecule has 1 N–H and O–H groups in total. The number of nitriles is 1. The molecule has 1 aliphatic heterocycles. The molecule has 1 saturated heterocycles. The molecule has 4 heteroatoms. The lowest BCUT2D eigenvalue weighted by Gasteiger charge is -2.31. The molecule has 0 radical (unpaired) electrons. The van der Waals surface area contributed by atoms with Crippen LogP contribution in [0, 0.1) is 11.3 Å². The third-order valence-electron chi connectivity index (χ3n) is 2.03. The van der Waals surface area contributed by atoms with Crippen LogP contribution in [-0.4, -0.2) is 36.5 Å². The lowest BCUT2D eigenvalue weighted by Crippen LogP contribution is -2.54. The summed E-state index contributed by atoms with van der Waals surface area (Å²) in [6.45, 7) is 5.61. The Morgan fingerprint density at radius 1 is 1.85 bits per heavy atom. The van der Waals surface area contributed by atoms with Crippen molar-refractivity contribution in [1.29, 1.82) is 5.26 Å². The van der Waals surface area contributed by atoms with Crippen LogP contribution in [0.1, 0.15) is 6.42 Å². The molecule has 1 heterocycles. The highest BCUT2D eigenvalue weighted by Gasteiger charge is 2.26. The number of nitrogens with one attached hydrogen (secondary N) is 1. The number of hydrogen-bond acceptors (Lipinski definition) is 3. The van der Waals surface area contributed by atoms with E-state index in [1.165, 1.54) is 0 Å². The van der Waals surface area contributed by atoms with Gasteiger partial charge in [-0.05, 0) is 0 Å². The normalized spacial score (nSPS) is 22.5. The molecular formula is C9H13N3O. The Labute approximate surface area is 77.8 Å². The van der Waals surface area contributed by atoms with Crippen LogP contribution >= 0.6 is 0 Å². The smallest absolute Gasteiger partial charge is 0.241 e. The number of carbonyl (C=O) groups excluding carboxylic acids is 1. The van der Waals surface area contributed by atoms with Gasteiger partial charge in [-0.15, -0.1) is 6.58 Å². The SMILES string of the molecule is C=CCN1CCNC(CC#N)C1=O. The molecule has 1 atom stereocenters. The molecule has 1 fully saturated rings. The Morgan fingerprint density at radius 3 is 3.23 bits per heavy atom. The molecule has 0 aromatic rings. The van der Waals surface area contributed by atoms with Crippen molar-refractivity contribution >= 4 is 5.91 Å². The Morgan fingerprint density at radius 2 is 2.62 bits per heavy atom. The molecule has 1 rings (SSSR count). The van der Waals surface area contributed by atoms with E-state index in [0.717, 1.165) is 6.54 Å². The van der Waals surface area contributed by atoms with Crippen LogP contribution in [-0.2, 0) is 4.79 Å². The molecule has 0 spiro atoms. The van der Waals surface area contributed by atoms with Crippen molar-refractivity contribution in [3.63, 3.8) is 0 Å². The van der Waals surface area contributed by atoms with E-state index in [2.05, 4.69) is 11.9 Å². The van der Waals surface area contributed by atoms with Crippen molar-refractivity contribution in [2.24, 2.45) is 0 Å². The molecule has 1 unspecified atom stereocenters. The minimum absolute atomic E-state index is 0.00713. The molecule has 0 saturated carbocycles. The first-order chi connectivity index (χ1) is 6.29. The van der Waals surface area contributed by atoms with Crippen LogP contribution in [0.4, 0.5) is 0 Å². The second-order valence-electron chi connectivity index (χ2n) is 2.94. The van der Waals surface area contributed by atoms with Gasteiger partial charge in [0.2, 0.25) is 5.91 Å². The van der Waals surface area contributed by atoms with E-state index in [0.29, 0.717) is 13.1 Å². The Bertz CT molecular complexity index is 244. The maximum Gasteiger partial charge on any atom is 0.241 e. The first-order valence-corrected chi connectivity index (χ1v) is 4.29. The van der Waals surface area contributed by atoms with Gasteiger partial charge in [-0.3, -0.25) is 4.79 Å². The minimum Gasteiger partial charge on any atom is -0.336 e. The molecule has 1 amide bonds. The van der Waals surface area contributed by atoms with Crippen LogP contribution < -0.4 is 5.32 Å². The van der Waals surface area contributed by atoms with E-state index in [-0.39, 0.29) is 18.4 Å². The lowest BCUT2D eigenvalue weighted by atomic mass is 10.1. The number of carbonyl (C=O) groups is 1. The number of hydrogen-bond donors (Lipinski definition) is 1. The van der Waals surface area contributed by atoms with Gasteiger partial charge >= 0.3 is 0 Å². The summed E-state index contributed by atoms with van der Waals surface area (Å²) in [7, 11) is 0. The topological polar surface area (TPSA) is 56.1 Å². The van der Waals surface area contributed by atoms with Gasteiger partial charge in [-0.2, -0.15) is 5.26 Å². The van der Waals surface area contributed by atoms with Crippen LogP contribution in [0.2, 0.25) is 0 Å². The average Bonchev–Trinajstić information content (AvgIpc) is 2.13. The molecule has 13 heavy (non-hydrogen) atoms. The fraction of sp³-hybridized carbons (Fsp3) is 0.556. The summed E-state index contributed by atoms with van der Waals surface area (Å²) in [5, 5.41) is 11.5. The third-order valence-corrected chi connectivity index (χ3v) is 2.03. The number of amides is 1. The van der Waals surface area contributed by atoms with Gasteiger partial charge < -0.3 is 10.2 Å². The monoisotopic (exact) mass is 179 g/mol. The Kier molecular flexibility index (Phi) is 3.47. The van der Waals surface area contributed by atoms with Crippen molar-refractivity contribution in [3.8, 4) is 6.07 Å². The van der Waals surface area contributed by atoms with Gasteiger partial charge in [0.15, 0.2) is 0 Å². The van der Waals surface area contributed by atoms with E-state index < -0.39 is 0 Å². The standard InChI is InChI=1S/C9H13N3O/c1-2-6-12-7-5-11-8(3-4-10)9(12)13/h2,8,11H,1,3,5-7H2. The van der Waals surface area contributed by atoms with Gasteiger partial charge in [0.05, 0.1) is 12.5 Å². The highest BCUT2D eigenvalue weighted by atomic mass is 16.2. The molecule has 0 bridgehead atoms. The van der Waals surface area contributed by atoms with Crippen LogP contribution in [0.15, 0.2) is 12.7 Å². The van der Waals surface area contributed by atoms with Crippen LogP contribution in [0.3, 0.4) is 0 Å². The molecule has 70 valence electrons. The first-order valence-electron chi connectivity index (χ1n) is 4.29. The van der Waals surface area contributed by atoms with E-state index in [1.807, 2.05) is 6.07 Å². The van der Waals surface area contributed by atoms with Crippen LogP contribution in [0.5, 0.6) is 0 Å². The summed E-state index contributed by atoms with van der Waals surface area (Å²) in [4.78, 5) is 13.3. The number of nitrogens with zero attached hydrogens (tertiary/aromatic N) is 2. The number of rotatable bonds is 3. The first kappa shape index (κ1) is 9.75. The molecule has 4 nitrogen and oxygen atoms in total. The highest BCUT2D eigenvalue weighted by molar-refractivity contribution is 5.83. The van der Waals surface area contributed by atoms with E-state index in [1.54, 1.807) is 11.0 Å². The van der Waals surface area contributed by atoms with Crippen molar-refractivity contribution in [2.75, 3.05) is 19.6 Å². The minimum atomic E-state index is -0.321. The average molecular weight is 179 g/mol. The summed E-state index contributed by atoms with van der Waals surface area (Å²) in [6.07, 6.45) is 1.94. The summed E-state index contributed by atoms with van der Waals surface area (Å²) >= 11 is 0. The van der Waals surface area contributed by atoms with Crippen molar-refractivity contribution < 1.29 is 4.79 Å². The van der Waals surface area contributed by atoms with E-state index in [9.17, 15) is 4.79 Å². The van der Waals surface area contributed by atoms with E-state index in [4.69, 9.17) is 5.26 Å². The Balaban J connectivity index is 2.55. The lowest BCUT2D eigenvalue weighted by molar-refractivity contribution is -0.134. The van der Waals surface area contributed by atoms with E-state index >= 15 is 0 Å². The summed E-state index contributed by atoms with van der Waals surface area (Å²) in [5.41, 5.74) is 0.